The number of imide groups is 1. The van der Waals surface area contributed by atoms with Crippen molar-refractivity contribution in [3.8, 4) is 0 Å². The Bertz CT molecular complexity index is 883. The van der Waals surface area contributed by atoms with E-state index in [9.17, 15) is 34.4 Å². The normalized spacial score (nSPS) is 21.0. The molecule has 2 N–H and O–H groups in total. The van der Waals surface area contributed by atoms with Gasteiger partial charge < -0.3 is 10.4 Å². The van der Waals surface area contributed by atoms with E-state index in [1.807, 2.05) is 0 Å². The summed E-state index contributed by atoms with van der Waals surface area (Å²) in [5.41, 5.74) is -0.740. The number of nitrogens with one attached hydrogen (secondary N) is 1. The van der Waals surface area contributed by atoms with Crippen LogP contribution >= 0.6 is 0 Å². The van der Waals surface area contributed by atoms with Crippen LogP contribution in [0.25, 0.3) is 0 Å². The molecule has 2 aliphatic rings. The Hall–Kier alpha value is -3.30. The number of carbonyl (C=O) groups excluding carboxylic acids is 3. The van der Waals surface area contributed by atoms with Crippen molar-refractivity contribution in [2.75, 3.05) is 13.1 Å². The summed E-state index contributed by atoms with van der Waals surface area (Å²) >= 11 is 0. The van der Waals surface area contributed by atoms with Crippen LogP contribution in [0.2, 0.25) is 0 Å². The maximum Gasteiger partial charge on any atom is 0.306 e. The smallest absolute Gasteiger partial charge is 0.306 e. The minimum atomic E-state index is -0.864. The lowest BCUT2D eigenvalue weighted by Gasteiger charge is -2.28. The zero-order chi connectivity index (χ0) is 21.1. The molecular weight excluding hydrogens is 382 g/mol. The van der Waals surface area contributed by atoms with Crippen LogP contribution in [0.15, 0.2) is 18.2 Å². The number of hydrogen-bond acceptors (Lipinski definition) is 6. The highest BCUT2D eigenvalue weighted by Crippen LogP contribution is 2.31. The minimum Gasteiger partial charge on any atom is -0.481 e. The molecule has 0 saturated heterocycles. The predicted octanol–water partition coefficient (Wildman–Crippen LogP) is 1.59. The lowest BCUT2D eigenvalue weighted by atomic mass is 9.79. The van der Waals surface area contributed by atoms with Crippen molar-refractivity contribution in [3.63, 3.8) is 0 Å². The molecule has 1 aromatic carbocycles. The maximum atomic E-state index is 12.5. The monoisotopic (exact) mass is 403 g/mol. The molecule has 1 aromatic rings. The molecule has 154 valence electrons. The van der Waals surface area contributed by atoms with Crippen molar-refractivity contribution in [2.45, 2.75) is 32.1 Å². The fourth-order valence-electron chi connectivity index (χ4n) is 3.99. The fourth-order valence-corrected chi connectivity index (χ4v) is 3.99. The summed E-state index contributed by atoms with van der Waals surface area (Å²) in [5, 5.41) is 23.1. The highest BCUT2D eigenvalue weighted by Gasteiger charge is 2.40. The first-order valence-electron chi connectivity index (χ1n) is 9.44. The van der Waals surface area contributed by atoms with Gasteiger partial charge in [-0.1, -0.05) is 18.9 Å². The van der Waals surface area contributed by atoms with Crippen LogP contribution in [0.3, 0.4) is 0 Å². The number of aliphatic carboxylic acids is 1. The first-order valence-corrected chi connectivity index (χ1v) is 9.44. The third-order valence-corrected chi connectivity index (χ3v) is 5.52. The van der Waals surface area contributed by atoms with Crippen molar-refractivity contribution in [1.29, 1.82) is 0 Å². The van der Waals surface area contributed by atoms with E-state index in [4.69, 9.17) is 0 Å². The van der Waals surface area contributed by atoms with Gasteiger partial charge in [-0.05, 0) is 24.8 Å². The highest BCUT2D eigenvalue weighted by atomic mass is 16.6. The van der Waals surface area contributed by atoms with Crippen molar-refractivity contribution < 1.29 is 29.2 Å². The number of hydrogen-bond donors (Lipinski definition) is 2. The SMILES string of the molecule is O=C(CCN1C(=O)c2cccc([N+](=O)[O-])c2C1=O)NC[C@@H]1CCCC[C@@H]1C(=O)O. The number of rotatable bonds is 7. The fraction of sp³-hybridized carbons (Fsp3) is 0.474. The largest absolute Gasteiger partial charge is 0.481 e. The molecule has 1 heterocycles. The van der Waals surface area contributed by atoms with Crippen LogP contribution in [0.5, 0.6) is 0 Å². The minimum absolute atomic E-state index is 0.0453. The topological polar surface area (TPSA) is 147 Å². The molecule has 29 heavy (non-hydrogen) atoms. The molecule has 1 aliphatic carbocycles. The van der Waals surface area contributed by atoms with Crippen LogP contribution in [-0.2, 0) is 9.59 Å². The number of nitro groups is 1. The molecule has 1 saturated carbocycles. The van der Waals surface area contributed by atoms with E-state index in [1.165, 1.54) is 12.1 Å². The molecule has 0 radical (unpaired) electrons. The summed E-state index contributed by atoms with van der Waals surface area (Å²) in [5.74, 6) is -3.36. The number of nitro benzene ring substituents is 1. The second kappa shape index (κ2) is 8.38. The number of fused-ring (bicyclic) bond motifs is 1. The molecule has 0 unspecified atom stereocenters. The third-order valence-electron chi connectivity index (χ3n) is 5.52. The van der Waals surface area contributed by atoms with Gasteiger partial charge in [0.2, 0.25) is 5.91 Å². The lowest BCUT2D eigenvalue weighted by Crippen LogP contribution is -2.39. The highest BCUT2D eigenvalue weighted by molar-refractivity contribution is 6.23. The Morgan fingerprint density at radius 2 is 1.93 bits per heavy atom. The van der Waals surface area contributed by atoms with Gasteiger partial charge in [-0.15, -0.1) is 0 Å². The van der Waals surface area contributed by atoms with Crippen molar-refractivity contribution in [2.24, 2.45) is 11.8 Å². The van der Waals surface area contributed by atoms with Gasteiger partial charge in [0.15, 0.2) is 0 Å². The average molecular weight is 403 g/mol. The van der Waals surface area contributed by atoms with Gasteiger partial charge in [-0.25, -0.2) is 0 Å². The predicted molar refractivity (Wildman–Crippen MR) is 99.2 cm³/mol. The number of amides is 3. The van der Waals surface area contributed by atoms with E-state index in [0.29, 0.717) is 6.42 Å². The summed E-state index contributed by atoms with van der Waals surface area (Å²) < 4.78 is 0. The van der Waals surface area contributed by atoms with Gasteiger partial charge in [-0.2, -0.15) is 0 Å². The summed E-state index contributed by atoms with van der Waals surface area (Å²) in [6.45, 7) is 0.0196. The van der Waals surface area contributed by atoms with Gasteiger partial charge in [0.1, 0.15) is 5.56 Å². The first kappa shape index (κ1) is 20.4. The standard InChI is InChI=1S/C19H21N3O7/c23-15(20-10-11-4-1-2-5-12(11)19(26)27)8-9-21-17(24)13-6-3-7-14(22(28)29)16(13)18(21)25/h3,6-7,11-12H,1-2,4-5,8-10H2,(H,20,23)(H,26,27)/t11-,12-/m0/s1. The molecule has 0 spiro atoms. The molecule has 2 atom stereocenters. The number of benzene rings is 1. The van der Waals surface area contributed by atoms with Gasteiger partial charge in [0.05, 0.1) is 16.4 Å². The number of carboxylic acids is 1. The van der Waals surface area contributed by atoms with Crippen molar-refractivity contribution in [1.82, 2.24) is 10.2 Å². The summed E-state index contributed by atoms with van der Waals surface area (Å²) in [6.07, 6.45) is 2.91. The van der Waals surface area contributed by atoms with Crippen LogP contribution in [0.1, 0.15) is 52.8 Å². The molecule has 0 bridgehead atoms. The van der Waals surface area contributed by atoms with Gasteiger partial charge in [0.25, 0.3) is 17.5 Å². The molecule has 3 rings (SSSR count). The van der Waals surface area contributed by atoms with Crippen molar-refractivity contribution in [3.05, 3.63) is 39.4 Å². The van der Waals surface area contributed by atoms with E-state index in [2.05, 4.69) is 5.32 Å². The van der Waals surface area contributed by atoms with E-state index in [0.717, 1.165) is 30.2 Å². The third kappa shape index (κ3) is 4.10. The van der Waals surface area contributed by atoms with Crippen LogP contribution in [-0.4, -0.2) is 51.7 Å². The van der Waals surface area contributed by atoms with Gasteiger partial charge >= 0.3 is 5.97 Å². The Labute approximate surface area is 166 Å². The van der Waals surface area contributed by atoms with Crippen LogP contribution < -0.4 is 5.32 Å². The number of carboxylic acid groups (broad SMARTS) is 1. The van der Waals surface area contributed by atoms with E-state index >= 15 is 0 Å². The Kier molecular flexibility index (Phi) is 5.90. The quantitative estimate of drug-likeness (QED) is 0.399. The van der Waals surface area contributed by atoms with Crippen molar-refractivity contribution >= 4 is 29.4 Å². The first-order chi connectivity index (χ1) is 13.8. The second-order valence-electron chi connectivity index (χ2n) is 7.26. The Balaban J connectivity index is 1.57. The molecule has 10 nitrogen and oxygen atoms in total. The maximum absolute atomic E-state index is 12.5. The van der Waals surface area contributed by atoms with Gasteiger partial charge in [0, 0.05) is 25.6 Å². The molecule has 10 heteroatoms. The molecule has 1 fully saturated rings. The van der Waals surface area contributed by atoms with Crippen LogP contribution in [0.4, 0.5) is 5.69 Å². The molecule has 1 aliphatic heterocycles. The van der Waals surface area contributed by atoms with E-state index in [1.54, 1.807) is 0 Å². The number of nitrogens with zero attached hydrogens (tertiary/aromatic N) is 2. The average Bonchev–Trinajstić information content (AvgIpc) is 2.95. The van der Waals surface area contributed by atoms with E-state index < -0.39 is 40.2 Å². The molecular formula is C19H21N3O7. The zero-order valence-electron chi connectivity index (χ0n) is 15.6. The second-order valence-corrected chi connectivity index (χ2v) is 7.26. The van der Waals surface area contributed by atoms with Gasteiger partial charge in [-0.3, -0.25) is 34.2 Å². The Morgan fingerprint density at radius 3 is 2.62 bits per heavy atom. The summed E-state index contributed by atoms with van der Waals surface area (Å²) in [6, 6.07) is 3.84. The number of carbonyl (C=O) groups is 4. The van der Waals surface area contributed by atoms with E-state index in [-0.39, 0.29) is 36.6 Å². The summed E-state index contributed by atoms with van der Waals surface area (Å²) in [7, 11) is 0. The lowest BCUT2D eigenvalue weighted by molar-refractivity contribution is -0.385. The molecule has 0 aromatic heterocycles. The zero-order valence-corrected chi connectivity index (χ0v) is 15.6. The molecule has 3 amide bonds. The van der Waals surface area contributed by atoms with Crippen LogP contribution in [0, 0.1) is 22.0 Å². The summed E-state index contributed by atoms with van der Waals surface area (Å²) in [4.78, 5) is 59.6. The Morgan fingerprint density at radius 1 is 1.21 bits per heavy atom.